The molecule has 2 rings (SSSR count). The maximum absolute atomic E-state index is 5.18. The van der Waals surface area contributed by atoms with Crippen molar-refractivity contribution < 1.29 is 9.52 Å². The van der Waals surface area contributed by atoms with Crippen LogP contribution < -0.4 is 10.4 Å². The van der Waals surface area contributed by atoms with Gasteiger partial charge in [-0.05, 0) is 17.7 Å². The van der Waals surface area contributed by atoms with Crippen LogP contribution in [0.1, 0.15) is 5.56 Å². The minimum absolute atomic E-state index is 0.866. The Labute approximate surface area is 64.8 Å². The number of benzene rings is 1. The van der Waals surface area contributed by atoms with Crippen LogP contribution in [0.25, 0.3) is 0 Å². The van der Waals surface area contributed by atoms with Gasteiger partial charge in [0.25, 0.3) is 0 Å². The number of fused-ring (bicyclic) bond motifs is 1. The van der Waals surface area contributed by atoms with E-state index in [-0.39, 0.29) is 0 Å². The molecule has 0 atom stereocenters. The number of hydrazine groups is 1. The van der Waals surface area contributed by atoms with E-state index in [0.717, 1.165) is 11.3 Å². The Kier molecular flexibility index (Phi) is 1.28. The van der Waals surface area contributed by atoms with Gasteiger partial charge in [-0.3, -0.25) is 0 Å². The summed E-state index contributed by atoms with van der Waals surface area (Å²) in [6.45, 7) is 0. The maximum Gasteiger partial charge on any atom is 0.207 e. The van der Waals surface area contributed by atoms with Crippen LogP contribution in [0, 0.1) is 0 Å². The van der Waals surface area contributed by atoms with Gasteiger partial charge in [-0.1, -0.05) is 16.8 Å². The number of nitrogens with one attached hydrogen (secondary N) is 1. The van der Waals surface area contributed by atoms with E-state index in [1.165, 1.54) is 0 Å². The van der Waals surface area contributed by atoms with E-state index >= 15 is 0 Å². The molecule has 0 spiro atoms. The van der Waals surface area contributed by atoms with E-state index < -0.39 is 0 Å². The largest absolute Gasteiger partial charge is 0.334 e. The minimum atomic E-state index is 0.866. The van der Waals surface area contributed by atoms with Crippen molar-refractivity contribution in [1.29, 1.82) is 0 Å². The fourth-order valence-electron chi connectivity index (χ4n) is 1.04. The lowest BCUT2D eigenvalue weighted by Gasteiger charge is -2.09. The van der Waals surface area contributed by atoms with E-state index in [1.54, 1.807) is 4.68 Å². The zero-order chi connectivity index (χ0) is 7.68. The quantitative estimate of drug-likeness (QED) is 0.545. The fraction of sp³-hybridized carbons (Fsp3) is 0.125. The van der Waals surface area contributed by atoms with Gasteiger partial charge < -0.3 is 4.84 Å². The summed E-state index contributed by atoms with van der Waals surface area (Å²) < 4.78 is 1.77. The second kappa shape index (κ2) is 2.27. The lowest BCUT2D eigenvalue weighted by Crippen LogP contribution is -2.33. The molecule has 0 saturated heterocycles. The predicted octanol–water partition coefficient (Wildman–Crippen LogP) is 0.560. The lowest BCUT2D eigenvalue weighted by atomic mass is 10.2. The molecule has 0 unspecified atom stereocenters. The van der Waals surface area contributed by atoms with E-state index in [2.05, 4.69) is 5.59 Å². The van der Waals surface area contributed by atoms with Crippen LogP contribution >= 0.6 is 0 Å². The third-order valence-electron chi connectivity index (χ3n) is 1.55. The standard InChI is InChI=1S/C8H9N2O/c1-10-6-7-4-2-3-5-8(7)11-9-10/h2-6,9H,1H3/q+1. The predicted molar refractivity (Wildman–Crippen MR) is 41.6 cm³/mol. The summed E-state index contributed by atoms with van der Waals surface area (Å²) in [7, 11) is 1.88. The van der Waals surface area contributed by atoms with Gasteiger partial charge in [0.2, 0.25) is 6.21 Å². The molecule has 1 aliphatic rings. The zero-order valence-corrected chi connectivity index (χ0v) is 6.24. The van der Waals surface area contributed by atoms with Gasteiger partial charge >= 0.3 is 0 Å². The molecule has 0 radical (unpaired) electrons. The monoisotopic (exact) mass is 149 g/mol. The molecule has 0 saturated carbocycles. The molecule has 3 nitrogen and oxygen atoms in total. The molecule has 56 valence electrons. The van der Waals surface area contributed by atoms with Crippen LogP contribution in [0.3, 0.4) is 0 Å². The highest BCUT2D eigenvalue weighted by atomic mass is 16.7. The number of hydrogen-bond donors (Lipinski definition) is 1. The fourth-order valence-corrected chi connectivity index (χ4v) is 1.04. The first-order valence-electron chi connectivity index (χ1n) is 3.45. The molecule has 1 aliphatic heterocycles. The number of hydrazone groups is 1. The molecule has 11 heavy (non-hydrogen) atoms. The second-order valence-corrected chi connectivity index (χ2v) is 2.47. The van der Waals surface area contributed by atoms with Crippen molar-refractivity contribution in [2.75, 3.05) is 7.05 Å². The smallest absolute Gasteiger partial charge is 0.207 e. The Balaban J connectivity index is 2.51. The highest BCUT2D eigenvalue weighted by Crippen LogP contribution is 2.15. The van der Waals surface area contributed by atoms with Crippen LogP contribution in [0.5, 0.6) is 5.75 Å². The number of nitrogens with zero attached hydrogens (tertiary/aromatic N) is 1. The Morgan fingerprint density at radius 2 is 2.18 bits per heavy atom. The van der Waals surface area contributed by atoms with Crippen LogP contribution in [0.15, 0.2) is 24.3 Å². The molecule has 0 fully saturated rings. The molecule has 0 bridgehead atoms. The minimum Gasteiger partial charge on any atom is -0.334 e. The van der Waals surface area contributed by atoms with E-state index in [1.807, 2.05) is 37.5 Å². The molecular formula is C8H9N2O+. The first-order valence-corrected chi connectivity index (χ1v) is 3.45. The molecule has 1 N–H and O–H groups in total. The summed E-state index contributed by atoms with van der Waals surface area (Å²) >= 11 is 0. The van der Waals surface area contributed by atoms with Gasteiger partial charge in [-0.25, -0.2) is 0 Å². The summed E-state index contributed by atoms with van der Waals surface area (Å²) in [5, 5.41) is 0. The van der Waals surface area contributed by atoms with Gasteiger partial charge in [0.1, 0.15) is 0 Å². The molecule has 1 heterocycles. The molecule has 1 aromatic carbocycles. The highest BCUT2D eigenvalue weighted by Gasteiger charge is 2.11. The van der Waals surface area contributed by atoms with Gasteiger partial charge in [0.15, 0.2) is 12.8 Å². The molecule has 0 aromatic heterocycles. The normalized spacial score (nSPS) is 14.1. The highest BCUT2D eigenvalue weighted by molar-refractivity contribution is 5.80. The first kappa shape index (κ1) is 6.22. The number of hydrogen-bond acceptors (Lipinski definition) is 2. The first-order chi connectivity index (χ1) is 5.36. The molecule has 3 heteroatoms. The molecule has 0 amide bonds. The summed E-state index contributed by atoms with van der Waals surface area (Å²) in [5.74, 6) is 0.866. The lowest BCUT2D eigenvalue weighted by molar-refractivity contribution is -0.604. The summed E-state index contributed by atoms with van der Waals surface area (Å²) in [6, 6.07) is 7.86. The topological polar surface area (TPSA) is 24.3 Å². The van der Waals surface area contributed by atoms with Gasteiger partial charge in [0, 0.05) is 0 Å². The van der Waals surface area contributed by atoms with Crippen molar-refractivity contribution in [3.8, 4) is 5.75 Å². The molecule has 0 aliphatic carbocycles. The summed E-state index contributed by atoms with van der Waals surface area (Å²) in [5.41, 5.74) is 3.81. The molecule has 1 aromatic rings. The third kappa shape index (κ3) is 1.05. The van der Waals surface area contributed by atoms with Crippen LogP contribution in [0.2, 0.25) is 0 Å². The Morgan fingerprint density at radius 1 is 1.36 bits per heavy atom. The van der Waals surface area contributed by atoms with Gasteiger partial charge in [-0.2, -0.15) is 0 Å². The molecular weight excluding hydrogens is 140 g/mol. The van der Waals surface area contributed by atoms with Crippen molar-refractivity contribution in [3.63, 3.8) is 0 Å². The van der Waals surface area contributed by atoms with E-state index in [4.69, 9.17) is 4.84 Å². The summed E-state index contributed by atoms with van der Waals surface area (Å²) in [6.07, 6.45) is 1.97. The van der Waals surface area contributed by atoms with E-state index in [0.29, 0.717) is 0 Å². The number of para-hydroxylation sites is 1. The van der Waals surface area contributed by atoms with Gasteiger partial charge in [-0.15, -0.1) is 0 Å². The van der Waals surface area contributed by atoms with Crippen molar-refractivity contribution in [2.24, 2.45) is 0 Å². The second-order valence-electron chi connectivity index (χ2n) is 2.47. The SMILES string of the molecule is C[N+]1=Cc2ccccc2ON1. The van der Waals surface area contributed by atoms with Crippen LogP contribution in [-0.4, -0.2) is 17.9 Å². The van der Waals surface area contributed by atoms with Crippen LogP contribution in [-0.2, 0) is 0 Å². The Morgan fingerprint density at radius 3 is 3.09 bits per heavy atom. The average molecular weight is 149 g/mol. The maximum atomic E-state index is 5.18. The Hall–Kier alpha value is -1.51. The number of rotatable bonds is 0. The summed E-state index contributed by atoms with van der Waals surface area (Å²) in [4.78, 5) is 5.18. The van der Waals surface area contributed by atoms with Crippen molar-refractivity contribution in [1.82, 2.24) is 5.59 Å². The van der Waals surface area contributed by atoms with E-state index in [9.17, 15) is 0 Å². The van der Waals surface area contributed by atoms with Crippen molar-refractivity contribution in [3.05, 3.63) is 29.8 Å². The van der Waals surface area contributed by atoms with Crippen molar-refractivity contribution in [2.45, 2.75) is 0 Å². The van der Waals surface area contributed by atoms with Gasteiger partial charge in [0.05, 0.1) is 5.56 Å². The van der Waals surface area contributed by atoms with Crippen molar-refractivity contribution >= 4 is 6.21 Å². The van der Waals surface area contributed by atoms with Crippen LogP contribution in [0.4, 0.5) is 0 Å². The Bertz CT molecular complexity index is 307. The average Bonchev–Trinajstić information content (AvgIpc) is 2.04. The third-order valence-corrected chi connectivity index (χ3v) is 1.55. The zero-order valence-electron chi connectivity index (χ0n) is 6.24.